The van der Waals surface area contributed by atoms with E-state index in [1.165, 1.54) is 12.8 Å². The monoisotopic (exact) mass is 215 g/mol. The van der Waals surface area contributed by atoms with Crippen LogP contribution in [0.3, 0.4) is 0 Å². The summed E-state index contributed by atoms with van der Waals surface area (Å²) < 4.78 is 7.08. The molecule has 1 saturated carbocycles. The van der Waals surface area contributed by atoms with Crippen LogP contribution in [0.25, 0.3) is 0 Å². The van der Waals surface area contributed by atoms with Gasteiger partial charge in [-0.3, -0.25) is 4.57 Å². The van der Waals surface area contributed by atoms with Crippen molar-refractivity contribution in [3.8, 4) is 0 Å². The van der Waals surface area contributed by atoms with Gasteiger partial charge in [0.1, 0.15) is 5.82 Å². The maximum absolute atomic E-state index is 5.98. The summed E-state index contributed by atoms with van der Waals surface area (Å²) in [6.07, 6.45) is 2.41. The number of hydrogen-bond donors (Lipinski definition) is 0. The van der Waals surface area contributed by atoms with Gasteiger partial charge in [-0.05, 0) is 31.4 Å². The Morgan fingerprint density at radius 3 is 2.86 bits per heavy atom. The molecule has 0 radical (unpaired) electrons. The summed E-state index contributed by atoms with van der Waals surface area (Å²) in [5.41, 5.74) is 0. The Morgan fingerprint density at radius 2 is 2.29 bits per heavy atom. The molecule has 14 heavy (non-hydrogen) atoms. The van der Waals surface area contributed by atoms with Crippen LogP contribution >= 0.6 is 11.6 Å². The van der Waals surface area contributed by atoms with Gasteiger partial charge in [0.25, 0.3) is 0 Å². The van der Waals surface area contributed by atoms with Crippen molar-refractivity contribution in [1.82, 2.24) is 14.8 Å². The van der Waals surface area contributed by atoms with Crippen molar-refractivity contribution < 1.29 is 4.74 Å². The Labute approximate surface area is 88.2 Å². The third-order valence-electron chi connectivity index (χ3n) is 2.47. The summed E-state index contributed by atoms with van der Waals surface area (Å²) in [5, 5.41) is 8.48. The van der Waals surface area contributed by atoms with Gasteiger partial charge < -0.3 is 4.74 Å². The molecule has 78 valence electrons. The number of hydrogen-bond acceptors (Lipinski definition) is 3. The molecule has 0 N–H and O–H groups in total. The van der Waals surface area contributed by atoms with E-state index >= 15 is 0 Å². The van der Waals surface area contributed by atoms with Crippen LogP contribution in [0.2, 0.25) is 5.28 Å². The van der Waals surface area contributed by atoms with E-state index in [4.69, 9.17) is 16.3 Å². The van der Waals surface area contributed by atoms with E-state index in [0.29, 0.717) is 17.8 Å². The standard InChI is InChI=1S/C9H14ClN3O/c1-6(5-14-2)13-8(7-3-4-7)11-12-9(13)10/h6-7H,3-5H2,1-2H3. The van der Waals surface area contributed by atoms with Gasteiger partial charge in [-0.1, -0.05) is 0 Å². The highest BCUT2D eigenvalue weighted by Gasteiger charge is 2.31. The van der Waals surface area contributed by atoms with E-state index in [0.717, 1.165) is 5.82 Å². The molecule has 0 bridgehead atoms. The van der Waals surface area contributed by atoms with E-state index < -0.39 is 0 Å². The number of halogens is 1. The molecule has 1 heterocycles. The van der Waals surface area contributed by atoms with Crippen molar-refractivity contribution in [3.63, 3.8) is 0 Å². The molecule has 0 saturated heterocycles. The minimum Gasteiger partial charge on any atom is -0.383 e. The molecule has 0 aromatic carbocycles. The van der Waals surface area contributed by atoms with Crippen LogP contribution in [0.4, 0.5) is 0 Å². The molecule has 2 rings (SSSR count). The predicted octanol–water partition coefficient (Wildman–Crippen LogP) is 2.02. The molecule has 1 aliphatic carbocycles. The minimum atomic E-state index is 0.207. The average Bonchev–Trinajstić information content (AvgIpc) is 2.90. The average molecular weight is 216 g/mol. The Morgan fingerprint density at radius 1 is 1.57 bits per heavy atom. The van der Waals surface area contributed by atoms with Crippen molar-refractivity contribution in [1.29, 1.82) is 0 Å². The van der Waals surface area contributed by atoms with Crippen LogP contribution in [0, 0.1) is 0 Å². The van der Waals surface area contributed by atoms with Crippen molar-refractivity contribution >= 4 is 11.6 Å². The zero-order chi connectivity index (χ0) is 10.1. The van der Waals surface area contributed by atoms with Gasteiger partial charge in [-0.25, -0.2) is 0 Å². The van der Waals surface area contributed by atoms with Gasteiger partial charge in [-0.2, -0.15) is 0 Å². The van der Waals surface area contributed by atoms with Crippen molar-refractivity contribution in [2.75, 3.05) is 13.7 Å². The molecule has 4 nitrogen and oxygen atoms in total. The molecule has 1 atom stereocenters. The maximum atomic E-state index is 5.98. The summed E-state index contributed by atoms with van der Waals surface area (Å²) >= 11 is 5.98. The zero-order valence-electron chi connectivity index (χ0n) is 8.40. The lowest BCUT2D eigenvalue weighted by molar-refractivity contribution is 0.161. The van der Waals surface area contributed by atoms with Crippen molar-refractivity contribution in [2.24, 2.45) is 0 Å². The second kappa shape index (κ2) is 3.87. The lowest BCUT2D eigenvalue weighted by Crippen LogP contribution is -2.14. The summed E-state index contributed by atoms with van der Waals surface area (Å²) in [5.74, 6) is 1.58. The molecule has 1 unspecified atom stereocenters. The molecule has 1 aromatic heterocycles. The molecular formula is C9H14ClN3O. The smallest absolute Gasteiger partial charge is 0.225 e. The highest BCUT2D eigenvalue weighted by molar-refractivity contribution is 6.28. The van der Waals surface area contributed by atoms with Crippen molar-refractivity contribution in [2.45, 2.75) is 31.7 Å². The first kappa shape index (κ1) is 9.93. The van der Waals surface area contributed by atoms with Crippen LogP contribution in [0.1, 0.15) is 37.5 Å². The Kier molecular flexibility index (Phi) is 2.74. The van der Waals surface area contributed by atoms with Gasteiger partial charge in [0, 0.05) is 13.0 Å². The van der Waals surface area contributed by atoms with E-state index in [2.05, 4.69) is 17.1 Å². The topological polar surface area (TPSA) is 39.9 Å². The fourth-order valence-corrected chi connectivity index (χ4v) is 1.92. The van der Waals surface area contributed by atoms with Gasteiger partial charge in [0.2, 0.25) is 5.28 Å². The van der Waals surface area contributed by atoms with Crippen molar-refractivity contribution in [3.05, 3.63) is 11.1 Å². The number of ether oxygens (including phenoxy) is 1. The predicted molar refractivity (Wildman–Crippen MR) is 53.6 cm³/mol. The van der Waals surface area contributed by atoms with Gasteiger partial charge in [0.05, 0.1) is 12.6 Å². The maximum Gasteiger partial charge on any atom is 0.225 e. The quantitative estimate of drug-likeness (QED) is 0.772. The van der Waals surface area contributed by atoms with E-state index in [-0.39, 0.29) is 6.04 Å². The van der Waals surface area contributed by atoms with Crippen LogP contribution in [-0.2, 0) is 4.74 Å². The second-order valence-electron chi connectivity index (χ2n) is 3.78. The number of aromatic nitrogens is 3. The van der Waals surface area contributed by atoms with Crippen LogP contribution < -0.4 is 0 Å². The Bertz CT molecular complexity index is 322. The number of methoxy groups -OCH3 is 1. The lowest BCUT2D eigenvalue weighted by Gasteiger charge is -2.14. The van der Waals surface area contributed by atoms with Gasteiger partial charge in [0.15, 0.2) is 0 Å². The van der Waals surface area contributed by atoms with E-state index in [1.54, 1.807) is 7.11 Å². The molecule has 1 fully saturated rings. The first-order valence-electron chi connectivity index (χ1n) is 4.83. The highest BCUT2D eigenvalue weighted by Crippen LogP contribution is 2.40. The Balaban J connectivity index is 2.24. The van der Waals surface area contributed by atoms with E-state index in [1.807, 2.05) is 4.57 Å². The fraction of sp³-hybridized carbons (Fsp3) is 0.778. The SMILES string of the molecule is COCC(C)n1c(Cl)nnc1C1CC1. The molecule has 5 heteroatoms. The normalized spacial score (nSPS) is 18.5. The van der Waals surface area contributed by atoms with Crippen LogP contribution in [0.5, 0.6) is 0 Å². The summed E-state index contributed by atoms with van der Waals surface area (Å²) in [4.78, 5) is 0. The highest BCUT2D eigenvalue weighted by atomic mass is 35.5. The zero-order valence-corrected chi connectivity index (χ0v) is 9.16. The number of rotatable bonds is 4. The molecule has 0 aliphatic heterocycles. The fourth-order valence-electron chi connectivity index (χ4n) is 1.63. The first-order chi connectivity index (χ1) is 6.74. The number of nitrogens with zero attached hydrogens (tertiary/aromatic N) is 3. The molecule has 0 spiro atoms. The minimum absolute atomic E-state index is 0.207. The first-order valence-corrected chi connectivity index (χ1v) is 5.21. The van der Waals surface area contributed by atoms with E-state index in [9.17, 15) is 0 Å². The molecular weight excluding hydrogens is 202 g/mol. The third kappa shape index (κ3) is 1.77. The third-order valence-corrected chi connectivity index (χ3v) is 2.73. The Hall–Kier alpha value is -0.610. The largest absolute Gasteiger partial charge is 0.383 e. The molecule has 1 aliphatic rings. The summed E-state index contributed by atoms with van der Waals surface area (Å²) in [7, 11) is 1.69. The van der Waals surface area contributed by atoms with Gasteiger partial charge in [-0.15, -0.1) is 10.2 Å². The summed E-state index contributed by atoms with van der Waals surface area (Å²) in [6.45, 7) is 2.70. The molecule has 1 aromatic rings. The summed E-state index contributed by atoms with van der Waals surface area (Å²) in [6, 6.07) is 0.207. The van der Waals surface area contributed by atoms with Crippen LogP contribution in [-0.4, -0.2) is 28.5 Å². The lowest BCUT2D eigenvalue weighted by atomic mass is 10.3. The second-order valence-corrected chi connectivity index (χ2v) is 4.11. The molecule has 0 amide bonds. The van der Waals surface area contributed by atoms with Crippen LogP contribution in [0.15, 0.2) is 0 Å². The van der Waals surface area contributed by atoms with Gasteiger partial charge >= 0.3 is 0 Å².